The quantitative estimate of drug-likeness (QED) is 0.745. The second kappa shape index (κ2) is 8.15. The molecule has 1 unspecified atom stereocenters. The summed E-state index contributed by atoms with van der Waals surface area (Å²) in [5.41, 5.74) is 0. The van der Waals surface area contributed by atoms with Gasteiger partial charge in [0.25, 0.3) is 10.2 Å². The smallest absolute Gasteiger partial charge is 0.282 e. The molecule has 1 N–H and O–H groups in total. The number of thioether (sulfide) groups is 1. The van der Waals surface area contributed by atoms with Crippen LogP contribution in [0.1, 0.15) is 33.1 Å². The van der Waals surface area contributed by atoms with Gasteiger partial charge in [-0.1, -0.05) is 13.8 Å². The van der Waals surface area contributed by atoms with Gasteiger partial charge in [-0.25, -0.2) is 0 Å². The van der Waals surface area contributed by atoms with Crippen LogP contribution in [0.3, 0.4) is 0 Å². The Morgan fingerprint density at radius 3 is 2.52 bits per heavy atom. The van der Waals surface area contributed by atoms with Gasteiger partial charge in [0.15, 0.2) is 0 Å². The molecule has 0 aromatic heterocycles. The molecular weight excluding hydrogens is 306 g/mol. The van der Waals surface area contributed by atoms with Crippen LogP contribution in [-0.2, 0) is 10.2 Å². The van der Waals surface area contributed by atoms with Gasteiger partial charge >= 0.3 is 0 Å². The zero-order chi connectivity index (χ0) is 15.3. The van der Waals surface area contributed by atoms with Crippen LogP contribution in [0.25, 0.3) is 0 Å². The molecule has 2 aliphatic heterocycles. The van der Waals surface area contributed by atoms with Gasteiger partial charge in [0, 0.05) is 37.2 Å². The lowest BCUT2D eigenvalue weighted by atomic mass is 9.98. The summed E-state index contributed by atoms with van der Waals surface area (Å²) in [6, 6.07) is 0. The fourth-order valence-corrected chi connectivity index (χ4v) is 5.94. The summed E-state index contributed by atoms with van der Waals surface area (Å²) >= 11 is 1.86. The van der Waals surface area contributed by atoms with Crippen molar-refractivity contribution < 1.29 is 8.42 Å². The molecule has 124 valence electrons. The maximum atomic E-state index is 12.7. The fourth-order valence-electron chi connectivity index (χ4n) is 2.99. The Hall–Kier alpha value is 0.180. The van der Waals surface area contributed by atoms with E-state index in [2.05, 4.69) is 19.2 Å². The predicted octanol–water partition coefficient (Wildman–Crippen LogP) is 1.38. The lowest BCUT2D eigenvalue weighted by Crippen LogP contribution is -2.51. The molecule has 21 heavy (non-hydrogen) atoms. The van der Waals surface area contributed by atoms with E-state index in [1.54, 1.807) is 8.61 Å². The Bertz CT molecular complexity index is 408. The summed E-state index contributed by atoms with van der Waals surface area (Å²) in [5, 5.41) is 3.85. The highest BCUT2D eigenvalue weighted by molar-refractivity contribution is 8.00. The molecule has 2 aliphatic rings. The Morgan fingerprint density at radius 2 is 1.90 bits per heavy atom. The molecule has 2 fully saturated rings. The predicted molar refractivity (Wildman–Crippen MR) is 89.9 cm³/mol. The summed E-state index contributed by atoms with van der Waals surface area (Å²) in [7, 11) is -3.23. The molecule has 0 saturated carbocycles. The average Bonchev–Trinajstić information content (AvgIpc) is 2.48. The van der Waals surface area contributed by atoms with Crippen molar-refractivity contribution in [3.8, 4) is 0 Å². The van der Waals surface area contributed by atoms with Crippen molar-refractivity contribution in [2.75, 3.05) is 45.0 Å². The molecule has 2 rings (SSSR count). The van der Waals surface area contributed by atoms with E-state index in [-0.39, 0.29) is 0 Å². The van der Waals surface area contributed by atoms with Crippen molar-refractivity contribution in [2.45, 2.75) is 38.4 Å². The first-order valence-corrected chi connectivity index (χ1v) is 10.6. The van der Waals surface area contributed by atoms with Crippen molar-refractivity contribution in [1.29, 1.82) is 0 Å². The normalized spacial score (nSPS) is 27.0. The van der Waals surface area contributed by atoms with E-state index in [0.717, 1.165) is 38.1 Å². The number of piperidine rings is 1. The molecule has 2 saturated heterocycles. The molecule has 0 aliphatic carbocycles. The van der Waals surface area contributed by atoms with Gasteiger partial charge in [-0.3, -0.25) is 0 Å². The van der Waals surface area contributed by atoms with Gasteiger partial charge in [-0.05, 0) is 38.3 Å². The van der Waals surface area contributed by atoms with Crippen LogP contribution in [0.4, 0.5) is 0 Å². The molecule has 0 radical (unpaired) electrons. The second-order valence-electron chi connectivity index (χ2n) is 6.09. The molecule has 5 nitrogen and oxygen atoms in total. The van der Waals surface area contributed by atoms with Crippen molar-refractivity contribution >= 4 is 22.0 Å². The van der Waals surface area contributed by atoms with Crippen LogP contribution in [0.15, 0.2) is 0 Å². The molecule has 0 aromatic carbocycles. The molecule has 0 amide bonds. The largest absolute Gasteiger partial charge is 0.316 e. The van der Waals surface area contributed by atoms with Gasteiger partial charge in [0.2, 0.25) is 0 Å². The molecule has 1 atom stereocenters. The van der Waals surface area contributed by atoms with Crippen LogP contribution in [0.5, 0.6) is 0 Å². The van der Waals surface area contributed by atoms with E-state index in [0.29, 0.717) is 37.3 Å². The third kappa shape index (κ3) is 4.82. The van der Waals surface area contributed by atoms with Gasteiger partial charge in [-0.15, -0.1) is 0 Å². The van der Waals surface area contributed by atoms with E-state index in [1.807, 2.05) is 11.8 Å². The number of hydrogen-bond acceptors (Lipinski definition) is 4. The highest BCUT2D eigenvalue weighted by Gasteiger charge is 2.34. The van der Waals surface area contributed by atoms with Crippen molar-refractivity contribution in [3.63, 3.8) is 0 Å². The molecule has 7 heteroatoms. The highest BCUT2D eigenvalue weighted by atomic mass is 32.2. The lowest BCUT2D eigenvalue weighted by Gasteiger charge is -2.37. The van der Waals surface area contributed by atoms with E-state index in [4.69, 9.17) is 0 Å². The maximum Gasteiger partial charge on any atom is 0.282 e. The first-order valence-electron chi connectivity index (χ1n) is 8.11. The average molecular weight is 336 g/mol. The van der Waals surface area contributed by atoms with Crippen LogP contribution < -0.4 is 5.32 Å². The zero-order valence-electron chi connectivity index (χ0n) is 13.3. The van der Waals surface area contributed by atoms with Crippen LogP contribution >= 0.6 is 11.8 Å². The van der Waals surface area contributed by atoms with E-state index in [1.165, 1.54) is 0 Å². The van der Waals surface area contributed by atoms with Crippen molar-refractivity contribution in [1.82, 2.24) is 13.9 Å². The summed E-state index contributed by atoms with van der Waals surface area (Å²) in [4.78, 5) is 0. The Balaban J connectivity index is 1.83. The molecular formula is C14H29N3O2S2. The third-order valence-corrected chi connectivity index (χ3v) is 7.43. The SMILES string of the molecule is CCCNCC1CCN(S(=O)(=O)N2CCSC(C)C2)CC1. The molecule has 0 aromatic rings. The van der Waals surface area contributed by atoms with Crippen LogP contribution in [-0.4, -0.2) is 67.3 Å². The minimum Gasteiger partial charge on any atom is -0.316 e. The highest BCUT2D eigenvalue weighted by Crippen LogP contribution is 2.25. The molecule has 0 spiro atoms. The summed E-state index contributed by atoms with van der Waals surface area (Å²) in [6.07, 6.45) is 3.11. The zero-order valence-corrected chi connectivity index (χ0v) is 14.9. The fraction of sp³-hybridized carbons (Fsp3) is 1.00. The van der Waals surface area contributed by atoms with Gasteiger partial charge in [0.1, 0.15) is 0 Å². The van der Waals surface area contributed by atoms with E-state index >= 15 is 0 Å². The van der Waals surface area contributed by atoms with Gasteiger partial charge in [-0.2, -0.15) is 28.8 Å². The van der Waals surface area contributed by atoms with Crippen molar-refractivity contribution in [3.05, 3.63) is 0 Å². The molecule has 2 heterocycles. The lowest BCUT2D eigenvalue weighted by molar-refractivity contribution is 0.250. The van der Waals surface area contributed by atoms with E-state index in [9.17, 15) is 8.42 Å². The number of rotatable bonds is 6. The monoisotopic (exact) mass is 335 g/mol. The molecule has 0 bridgehead atoms. The minimum absolute atomic E-state index is 0.407. The summed E-state index contributed by atoms with van der Waals surface area (Å²) in [6.45, 7) is 9.04. The Kier molecular flexibility index (Phi) is 6.80. The first kappa shape index (κ1) is 17.5. The summed E-state index contributed by atoms with van der Waals surface area (Å²) < 4.78 is 28.7. The number of hydrogen-bond donors (Lipinski definition) is 1. The summed E-state index contributed by atoms with van der Waals surface area (Å²) in [5.74, 6) is 1.54. The van der Waals surface area contributed by atoms with Gasteiger partial charge < -0.3 is 5.32 Å². The minimum atomic E-state index is -3.23. The maximum absolute atomic E-state index is 12.7. The number of nitrogens with zero attached hydrogens (tertiary/aromatic N) is 2. The number of nitrogens with one attached hydrogen (secondary N) is 1. The van der Waals surface area contributed by atoms with Crippen molar-refractivity contribution in [2.24, 2.45) is 5.92 Å². The van der Waals surface area contributed by atoms with E-state index < -0.39 is 10.2 Å². The first-order chi connectivity index (χ1) is 10.0. The Morgan fingerprint density at radius 1 is 1.19 bits per heavy atom. The topological polar surface area (TPSA) is 52.7 Å². The van der Waals surface area contributed by atoms with Crippen LogP contribution in [0.2, 0.25) is 0 Å². The second-order valence-corrected chi connectivity index (χ2v) is 9.57. The Labute approximate surface area is 134 Å². The van der Waals surface area contributed by atoms with Gasteiger partial charge in [0.05, 0.1) is 0 Å². The standard InChI is InChI=1S/C14H29N3O2S2/c1-3-6-15-11-14-4-7-16(8-5-14)21(18,19)17-9-10-20-13(2)12-17/h13-15H,3-12H2,1-2H3. The third-order valence-electron chi connectivity index (χ3n) is 4.29. The van der Waals surface area contributed by atoms with Crippen LogP contribution in [0, 0.1) is 5.92 Å².